The number of benzene rings is 1. The van der Waals surface area contributed by atoms with Gasteiger partial charge in [0.05, 0.1) is 12.7 Å². The molecule has 0 bridgehead atoms. The van der Waals surface area contributed by atoms with Crippen molar-refractivity contribution in [3.63, 3.8) is 0 Å². The van der Waals surface area contributed by atoms with E-state index in [1.54, 1.807) is 0 Å². The van der Waals surface area contributed by atoms with E-state index in [1.165, 1.54) is 11.1 Å². The maximum absolute atomic E-state index is 12.2. The minimum absolute atomic E-state index is 0.258. The molecule has 1 aromatic carbocycles. The number of ether oxygens (including phenoxy) is 1. The molecule has 2 N–H and O–H groups in total. The lowest BCUT2D eigenvalue weighted by atomic mass is 10.0. The first-order valence-corrected chi connectivity index (χ1v) is 7.84. The Bertz CT molecular complexity index is 454. The van der Waals surface area contributed by atoms with E-state index in [9.17, 15) is 4.79 Å². The molecule has 21 heavy (non-hydrogen) atoms. The number of amides is 1. The molecular weight excluding hydrogens is 264 g/mol. The van der Waals surface area contributed by atoms with Crippen LogP contribution in [0.25, 0.3) is 0 Å². The molecule has 1 saturated heterocycles. The van der Waals surface area contributed by atoms with E-state index in [4.69, 9.17) is 10.5 Å². The Balaban J connectivity index is 1.72. The Hall–Kier alpha value is -1.39. The second-order valence-electron chi connectivity index (χ2n) is 5.73. The fourth-order valence-electron chi connectivity index (χ4n) is 2.78. The van der Waals surface area contributed by atoms with Gasteiger partial charge in [-0.15, -0.1) is 0 Å². The summed E-state index contributed by atoms with van der Waals surface area (Å²) >= 11 is 0. The number of hydrogen-bond donors (Lipinski definition) is 1. The Morgan fingerprint density at radius 3 is 2.81 bits per heavy atom. The molecule has 0 unspecified atom stereocenters. The number of aryl methyl sites for hydroxylation is 2. The Labute approximate surface area is 127 Å². The Morgan fingerprint density at radius 2 is 2.14 bits per heavy atom. The highest BCUT2D eigenvalue weighted by atomic mass is 16.5. The first-order chi connectivity index (χ1) is 10.2. The van der Waals surface area contributed by atoms with Crippen LogP contribution in [0.3, 0.4) is 0 Å². The third kappa shape index (κ3) is 5.14. The maximum atomic E-state index is 12.2. The van der Waals surface area contributed by atoms with Crippen LogP contribution in [0, 0.1) is 6.92 Å². The molecule has 0 spiro atoms. The molecule has 4 nitrogen and oxygen atoms in total. The predicted octanol–water partition coefficient (Wildman–Crippen LogP) is 1.89. The number of likely N-dealkylation sites (tertiary alicyclic amines) is 1. The molecule has 1 amide bonds. The fraction of sp³-hybridized carbons (Fsp3) is 0.588. The molecule has 1 fully saturated rings. The van der Waals surface area contributed by atoms with Crippen molar-refractivity contribution < 1.29 is 9.53 Å². The van der Waals surface area contributed by atoms with E-state index in [-0.39, 0.29) is 12.0 Å². The van der Waals surface area contributed by atoms with E-state index in [0.717, 1.165) is 32.4 Å². The molecule has 0 radical (unpaired) electrons. The summed E-state index contributed by atoms with van der Waals surface area (Å²) in [6.45, 7) is 4.88. The van der Waals surface area contributed by atoms with Gasteiger partial charge in [0.2, 0.25) is 5.91 Å². The van der Waals surface area contributed by atoms with Crippen molar-refractivity contribution in [3.05, 3.63) is 35.4 Å². The topological polar surface area (TPSA) is 55.6 Å². The molecule has 0 saturated carbocycles. The first kappa shape index (κ1) is 16.0. The van der Waals surface area contributed by atoms with Gasteiger partial charge in [-0.3, -0.25) is 4.79 Å². The highest BCUT2D eigenvalue weighted by Crippen LogP contribution is 2.15. The van der Waals surface area contributed by atoms with Crippen LogP contribution in [0.5, 0.6) is 0 Å². The molecule has 0 aromatic heterocycles. The zero-order valence-corrected chi connectivity index (χ0v) is 12.9. The maximum Gasteiger partial charge on any atom is 0.222 e. The zero-order chi connectivity index (χ0) is 15.1. The Morgan fingerprint density at radius 1 is 1.38 bits per heavy atom. The zero-order valence-electron chi connectivity index (χ0n) is 12.9. The highest BCUT2D eigenvalue weighted by Gasteiger charge is 2.22. The van der Waals surface area contributed by atoms with Crippen LogP contribution in [-0.4, -0.2) is 43.2 Å². The van der Waals surface area contributed by atoms with Crippen molar-refractivity contribution >= 4 is 5.91 Å². The quantitative estimate of drug-likeness (QED) is 0.870. The summed E-state index contributed by atoms with van der Waals surface area (Å²) in [5.74, 6) is 0.258. The number of nitrogens with zero attached hydrogens (tertiary/aromatic N) is 1. The van der Waals surface area contributed by atoms with Crippen molar-refractivity contribution in [2.75, 3.05) is 26.2 Å². The van der Waals surface area contributed by atoms with E-state index >= 15 is 0 Å². The van der Waals surface area contributed by atoms with Crippen LogP contribution >= 0.6 is 0 Å². The number of rotatable bonds is 6. The normalized spacial score (nSPS) is 16.2. The monoisotopic (exact) mass is 290 g/mol. The number of carbonyl (C=O) groups excluding carboxylic acids is 1. The van der Waals surface area contributed by atoms with Crippen LogP contribution in [0.15, 0.2) is 24.3 Å². The van der Waals surface area contributed by atoms with Crippen LogP contribution < -0.4 is 5.73 Å². The summed E-state index contributed by atoms with van der Waals surface area (Å²) < 4.78 is 5.64. The summed E-state index contributed by atoms with van der Waals surface area (Å²) in [6, 6.07) is 8.38. The van der Waals surface area contributed by atoms with Crippen molar-refractivity contribution in [1.82, 2.24) is 4.90 Å². The lowest BCUT2D eigenvalue weighted by molar-refractivity contribution is -0.133. The molecule has 2 rings (SSSR count). The SMILES string of the molecule is Cc1cccc(CCC(=O)N2CCC(OCCN)CC2)c1. The van der Waals surface area contributed by atoms with Crippen LogP contribution in [0.2, 0.25) is 0 Å². The second-order valence-corrected chi connectivity index (χ2v) is 5.73. The van der Waals surface area contributed by atoms with Gasteiger partial charge in [0.25, 0.3) is 0 Å². The summed E-state index contributed by atoms with van der Waals surface area (Å²) in [5.41, 5.74) is 7.93. The third-order valence-corrected chi connectivity index (χ3v) is 3.98. The van der Waals surface area contributed by atoms with Crippen molar-refractivity contribution in [1.29, 1.82) is 0 Å². The highest BCUT2D eigenvalue weighted by molar-refractivity contribution is 5.76. The van der Waals surface area contributed by atoms with Gasteiger partial charge in [0.1, 0.15) is 0 Å². The molecule has 1 aliphatic heterocycles. The summed E-state index contributed by atoms with van der Waals surface area (Å²) in [6.07, 6.45) is 3.54. The van der Waals surface area contributed by atoms with Crippen LogP contribution in [-0.2, 0) is 16.0 Å². The largest absolute Gasteiger partial charge is 0.377 e. The minimum Gasteiger partial charge on any atom is -0.377 e. The van der Waals surface area contributed by atoms with Crippen LogP contribution in [0.1, 0.15) is 30.4 Å². The average Bonchev–Trinajstić information content (AvgIpc) is 2.51. The van der Waals surface area contributed by atoms with Gasteiger partial charge >= 0.3 is 0 Å². The van der Waals surface area contributed by atoms with Crippen molar-refractivity contribution in [2.45, 2.75) is 38.7 Å². The molecule has 4 heteroatoms. The number of hydrogen-bond acceptors (Lipinski definition) is 3. The third-order valence-electron chi connectivity index (χ3n) is 3.98. The molecule has 1 aromatic rings. The molecule has 0 atom stereocenters. The van der Waals surface area contributed by atoms with E-state index in [2.05, 4.69) is 31.2 Å². The van der Waals surface area contributed by atoms with E-state index in [0.29, 0.717) is 19.6 Å². The van der Waals surface area contributed by atoms with Gasteiger partial charge in [-0.2, -0.15) is 0 Å². The lowest BCUT2D eigenvalue weighted by Crippen LogP contribution is -2.41. The number of nitrogens with two attached hydrogens (primary N) is 1. The number of carbonyl (C=O) groups is 1. The predicted molar refractivity (Wildman–Crippen MR) is 84.1 cm³/mol. The van der Waals surface area contributed by atoms with Crippen molar-refractivity contribution in [3.8, 4) is 0 Å². The van der Waals surface area contributed by atoms with Gasteiger partial charge in [0, 0.05) is 26.1 Å². The summed E-state index contributed by atoms with van der Waals surface area (Å²) in [5, 5.41) is 0. The average molecular weight is 290 g/mol. The molecule has 116 valence electrons. The second kappa shape index (κ2) is 8.15. The molecule has 1 aliphatic rings. The molecular formula is C17H26N2O2. The van der Waals surface area contributed by atoms with E-state index < -0.39 is 0 Å². The Kier molecular flexibility index (Phi) is 6.21. The van der Waals surface area contributed by atoms with Gasteiger partial charge < -0.3 is 15.4 Å². The van der Waals surface area contributed by atoms with E-state index in [1.807, 2.05) is 4.90 Å². The molecule has 0 aliphatic carbocycles. The molecule has 1 heterocycles. The van der Waals surface area contributed by atoms with Gasteiger partial charge in [0.15, 0.2) is 0 Å². The smallest absolute Gasteiger partial charge is 0.222 e. The fourth-order valence-corrected chi connectivity index (χ4v) is 2.78. The van der Waals surface area contributed by atoms with Crippen LogP contribution in [0.4, 0.5) is 0 Å². The first-order valence-electron chi connectivity index (χ1n) is 7.84. The van der Waals surface area contributed by atoms with Gasteiger partial charge in [-0.1, -0.05) is 29.8 Å². The summed E-state index contributed by atoms with van der Waals surface area (Å²) in [7, 11) is 0. The van der Waals surface area contributed by atoms with Gasteiger partial charge in [-0.25, -0.2) is 0 Å². The summed E-state index contributed by atoms with van der Waals surface area (Å²) in [4.78, 5) is 14.2. The standard InChI is InChI=1S/C17H26N2O2/c1-14-3-2-4-15(13-14)5-6-17(20)19-10-7-16(8-11-19)21-12-9-18/h2-4,13,16H,5-12,18H2,1H3. The lowest BCUT2D eigenvalue weighted by Gasteiger charge is -2.32. The van der Waals surface area contributed by atoms with Gasteiger partial charge in [-0.05, 0) is 31.7 Å². The number of piperidine rings is 1. The van der Waals surface area contributed by atoms with Crippen molar-refractivity contribution in [2.24, 2.45) is 5.73 Å². The minimum atomic E-state index is 0.258.